The van der Waals surface area contributed by atoms with Crippen LogP contribution in [0.5, 0.6) is 17.2 Å². The first-order chi connectivity index (χ1) is 23.3. The summed E-state index contributed by atoms with van der Waals surface area (Å²) in [6.45, 7) is 2.00. The highest BCUT2D eigenvalue weighted by Crippen LogP contribution is 2.37. The number of methoxy groups -OCH3 is 2. The second-order valence-corrected chi connectivity index (χ2v) is 12.2. The highest BCUT2D eigenvalue weighted by Gasteiger charge is 2.34. The summed E-state index contributed by atoms with van der Waals surface area (Å²) in [5.41, 5.74) is 3.64. The van der Waals surface area contributed by atoms with E-state index in [0.29, 0.717) is 65.3 Å². The van der Waals surface area contributed by atoms with Crippen LogP contribution in [0.25, 0.3) is 6.08 Å². The van der Waals surface area contributed by atoms with E-state index in [-0.39, 0.29) is 12.2 Å². The molecule has 0 saturated heterocycles. The molecule has 0 unspecified atom stereocenters. The van der Waals surface area contributed by atoms with E-state index in [4.69, 9.17) is 36.1 Å². The molecule has 0 bridgehead atoms. The molecule has 6 rings (SSSR count). The van der Waals surface area contributed by atoms with E-state index in [1.165, 1.54) is 23.0 Å². The van der Waals surface area contributed by atoms with Gasteiger partial charge in [-0.05, 0) is 73.2 Å². The molecule has 9 nitrogen and oxygen atoms in total. The van der Waals surface area contributed by atoms with Crippen LogP contribution < -0.4 is 34.4 Å². The largest absolute Gasteiger partial charge is 0.497 e. The standard InChI is InChI=1S/C37H29ClN4O5S/c1-22-33(35(43)41-27-7-5-4-6-8-27)34(29-15-14-28(45-2)19-31(29)46-3)42-36(44)32(48-37(42)40-22)18-25-17-26(38)13-16-30(25)47-21-24-11-9-23(20-39)10-12-24/h4-19,34H,21H2,1-3H3,(H,41,43)/b32-18+/t34-/m0/s1. The molecule has 1 aliphatic rings. The van der Waals surface area contributed by atoms with Gasteiger partial charge in [-0.2, -0.15) is 5.26 Å². The van der Waals surface area contributed by atoms with Gasteiger partial charge in [-0.1, -0.05) is 53.3 Å². The van der Waals surface area contributed by atoms with Crippen LogP contribution in [0.15, 0.2) is 112 Å². The minimum absolute atomic E-state index is 0.242. The Morgan fingerprint density at radius 1 is 1.02 bits per heavy atom. The van der Waals surface area contributed by atoms with E-state index in [1.807, 2.05) is 30.3 Å². The maximum atomic E-state index is 14.4. The Balaban J connectivity index is 1.46. The topological polar surface area (TPSA) is 115 Å². The van der Waals surface area contributed by atoms with Crippen LogP contribution >= 0.6 is 22.9 Å². The summed E-state index contributed by atoms with van der Waals surface area (Å²) in [4.78, 5) is 33.5. The molecule has 0 spiro atoms. The number of nitrogens with one attached hydrogen (secondary N) is 1. The number of nitriles is 1. The number of rotatable bonds is 9. The van der Waals surface area contributed by atoms with Crippen LogP contribution in [0.2, 0.25) is 5.02 Å². The van der Waals surface area contributed by atoms with Crippen molar-refractivity contribution in [2.24, 2.45) is 4.99 Å². The zero-order valence-electron chi connectivity index (χ0n) is 26.2. The number of allylic oxidation sites excluding steroid dienone is 1. The number of amides is 1. The Labute approximate surface area is 285 Å². The number of halogens is 1. The van der Waals surface area contributed by atoms with Gasteiger partial charge in [-0.25, -0.2) is 4.99 Å². The molecule has 1 aliphatic heterocycles. The Hall–Kier alpha value is -5.63. The van der Waals surface area contributed by atoms with Crippen molar-refractivity contribution in [2.75, 3.05) is 19.5 Å². The molecule has 0 fully saturated rings. The summed E-state index contributed by atoms with van der Waals surface area (Å²) >= 11 is 7.59. The molecule has 0 saturated carbocycles. The van der Waals surface area contributed by atoms with Crippen molar-refractivity contribution in [1.29, 1.82) is 5.26 Å². The third kappa shape index (κ3) is 6.60. The van der Waals surface area contributed by atoms with Crippen molar-refractivity contribution in [3.05, 3.63) is 149 Å². The second-order valence-electron chi connectivity index (χ2n) is 10.8. The van der Waals surface area contributed by atoms with E-state index in [0.717, 1.165) is 5.56 Å². The van der Waals surface area contributed by atoms with Crippen LogP contribution in [-0.4, -0.2) is 24.7 Å². The molecule has 1 N–H and O–H groups in total. The van der Waals surface area contributed by atoms with Gasteiger partial charge in [0.05, 0.1) is 41.7 Å². The molecule has 0 radical (unpaired) electrons. The van der Waals surface area contributed by atoms with Crippen LogP contribution in [-0.2, 0) is 11.4 Å². The number of ether oxygens (including phenoxy) is 3. The lowest BCUT2D eigenvalue weighted by molar-refractivity contribution is -0.113. The number of hydrogen-bond donors (Lipinski definition) is 1. The van der Waals surface area contributed by atoms with Crippen molar-refractivity contribution >= 4 is 40.6 Å². The molecule has 11 heteroatoms. The fourth-order valence-electron chi connectivity index (χ4n) is 5.41. The van der Waals surface area contributed by atoms with Crippen molar-refractivity contribution in [1.82, 2.24) is 4.57 Å². The number of aromatic nitrogens is 1. The maximum absolute atomic E-state index is 14.4. The summed E-state index contributed by atoms with van der Waals surface area (Å²) in [6.07, 6.45) is 1.72. The first kappa shape index (κ1) is 32.3. The molecular weight excluding hydrogens is 648 g/mol. The fraction of sp³-hybridized carbons (Fsp3) is 0.135. The quantitative estimate of drug-likeness (QED) is 0.205. The van der Waals surface area contributed by atoms with E-state index in [9.17, 15) is 9.59 Å². The maximum Gasteiger partial charge on any atom is 0.271 e. The monoisotopic (exact) mass is 676 g/mol. The van der Waals surface area contributed by atoms with Crippen molar-refractivity contribution < 1.29 is 19.0 Å². The predicted molar refractivity (Wildman–Crippen MR) is 185 cm³/mol. The number of carbonyl (C=O) groups excluding carboxylic acids is 1. The third-order valence-corrected chi connectivity index (χ3v) is 8.99. The average molecular weight is 677 g/mol. The number of benzene rings is 4. The number of para-hydroxylation sites is 1. The zero-order valence-corrected chi connectivity index (χ0v) is 27.8. The fourth-order valence-corrected chi connectivity index (χ4v) is 6.63. The molecule has 48 heavy (non-hydrogen) atoms. The van der Waals surface area contributed by atoms with Crippen molar-refractivity contribution in [2.45, 2.75) is 19.6 Å². The van der Waals surface area contributed by atoms with Crippen LogP contribution in [0.1, 0.15) is 35.2 Å². The summed E-state index contributed by atoms with van der Waals surface area (Å²) < 4.78 is 19.2. The lowest BCUT2D eigenvalue weighted by Crippen LogP contribution is -2.40. The van der Waals surface area contributed by atoms with E-state index in [2.05, 4.69) is 11.4 Å². The summed E-state index contributed by atoms with van der Waals surface area (Å²) in [6, 6.07) is 27.9. The van der Waals surface area contributed by atoms with Crippen molar-refractivity contribution in [3.8, 4) is 23.3 Å². The SMILES string of the molecule is COc1ccc([C@H]2C(C(=O)Nc3ccccc3)=C(C)N=c3s/c(=C/c4cc(Cl)ccc4OCc4ccc(C#N)cc4)c(=O)n32)c(OC)c1. The van der Waals surface area contributed by atoms with Crippen LogP contribution in [0, 0.1) is 11.3 Å². The molecule has 240 valence electrons. The summed E-state index contributed by atoms with van der Waals surface area (Å²) in [7, 11) is 3.08. The third-order valence-electron chi connectivity index (χ3n) is 7.77. The van der Waals surface area contributed by atoms with Gasteiger partial charge < -0.3 is 19.5 Å². The number of nitrogens with zero attached hydrogens (tertiary/aromatic N) is 3. The predicted octanol–water partition coefficient (Wildman–Crippen LogP) is 6.00. The molecule has 2 heterocycles. The van der Waals surface area contributed by atoms with Gasteiger partial charge in [0.2, 0.25) is 0 Å². The number of thiazole rings is 1. The van der Waals surface area contributed by atoms with Gasteiger partial charge in [0.15, 0.2) is 4.80 Å². The van der Waals surface area contributed by atoms with Crippen LogP contribution in [0.3, 0.4) is 0 Å². The molecule has 0 aliphatic carbocycles. The van der Waals surface area contributed by atoms with Gasteiger partial charge in [0.1, 0.15) is 29.9 Å². The summed E-state index contributed by atoms with van der Waals surface area (Å²) in [5, 5.41) is 12.5. The smallest absolute Gasteiger partial charge is 0.271 e. The van der Waals surface area contributed by atoms with Gasteiger partial charge in [-0.3, -0.25) is 14.2 Å². The Bertz CT molecular complexity index is 2270. The molecular formula is C37H29ClN4O5S. The first-order valence-electron chi connectivity index (χ1n) is 14.8. The highest BCUT2D eigenvalue weighted by molar-refractivity contribution is 7.07. The van der Waals surface area contributed by atoms with Crippen molar-refractivity contribution in [3.63, 3.8) is 0 Å². The number of hydrogen-bond acceptors (Lipinski definition) is 8. The van der Waals surface area contributed by atoms with E-state index < -0.39 is 11.9 Å². The highest BCUT2D eigenvalue weighted by atomic mass is 35.5. The Kier molecular flexibility index (Phi) is 9.43. The lowest BCUT2D eigenvalue weighted by atomic mass is 9.94. The molecule has 1 aromatic heterocycles. The minimum Gasteiger partial charge on any atom is -0.497 e. The Morgan fingerprint density at radius 2 is 1.79 bits per heavy atom. The zero-order chi connectivity index (χ0) is 33.8. The molecule has 4 aromatic carbocycles. The number of carbonyl (C=O) groups is 1. The summed E-state index contributed by atoms with van der Waals surface area (Å²) in [5.74, 6) is 1.13. The normalized spacial score (nSPS) is 14.1. The molecule has 1 amide bonds. The average Bonchev–Trinajstić information content (AvgIpc) is 3.41. The van der Waals surface area contributed by atoms with Gasteiger partial charge in [0, 0.05) is 27.9 Å². The minimum atomic E-state index is -0.862. The Morgan fingerprint density at radius 3 is 2.50 bits per heavy atom. The van der Waals surface area contributed by atoms with Gasteiger partial charge >= 0.3 is 0 Å². The molecule has 1 atom stereocenters. The lowest BCUT2D eigenvalue weighted by Gasteiger charge is -2.26. The number of fused-ring (bicyclic) bond motifs is 1. The molecule has 5 aromatic rings. The first-order valence-corrected chi connectivity index (χ1v) is 16.0. The second kappa shape index (κ2) is 14.0. The van der Waals surface area contributed by atoms with E-state index >= 15 is 0 Å². The van der Waals surface area contributed by atoms with E-state index in [1.54, 1.807) is 80.8 Å². The van der Waals surface area contributed by atoms with Gasteiger partial charge in [-0.15, -0.1) is 0 Å². The van der Waals surface area contributed by atoms with Gasteiger partial charge in [0.25, 0.3) is 11.5 Å². The van der Waals surface area contributed by atoms with Crippen LogP contribution in [0.4, 0.5) is 5.69 Å². The number of anilines is 1.